The number of hydrogen-bond acceptors (Lipinski definition) is 1. The fourth-order valence-electron chi connectivity index (χ4n) is 0.249. The molecule has 0 radical (unpaired) electrons. The molecular weight excluding hydrogens is 241 g/mol. The first-order valence-electron chi connectivity index (χ1n) is 2.29. The minimum atomic E-state index is -0.914. The van der Waals surface area contributed by atoms with E-state index in [-0.39, 0.29) is 48.9 Å². The zero-order chi connectivity index (χ0) is 6.41. The Morgan fingerprint density at radius 3 is 2.33 bits per heavy atom. The molecule has 0 amide bonds. The van der Waals surface area contributed by atoms with E-state index in [2.05, 4.69) is 0 Å². The Labute approximate surface area is 94.7 Å². The van der Waals surface area contributed by atoms with Crippen molar-refractivity contribution >= 4 is 54.9 Å². The van der Waals surface area contributed by atoms with Gasteiger partial charge in [-0.25, -0.2) is 4.79 Å². The van der Waals surface area contributed by atoms with Crippen LogP contribution < -0.4 is 0 Å². The molecule has 0 saturated carbocycles. The number of carbonyl (C=O) groups is 1. The third-order valence-corrected chi connectivity index (χ3v) is 0.542. The van der Waals surface area contributed by atoms with Crippen LogP contribution in [0.1, 0.15) is 6.92 Å². The number of allylic oxidation sites excluding steroid dienone is 3. The Bertz CT molecular complexity index is 127. The standard InChI is InChI=1S/C6H8O2.Ba.2H/c1-2-3-4-5-6(7)8;;;/h2-5H,1H3,(H,7,8);;;/b3-2+,5-4+;;;. The van der Waals surface area contributed by atoms with Crippen molar-refractivity contribution in [3.8, 4) is 0 Å². The van der Waals surface area contributed by atoms with Gasteiger partial charge in [-0.2, -0.15) is 0 Å². The van der Waals surface area contributed by atoms with Gasteiger partial charge in [-0.1, -0.05) is 18.2 Å². The molecule has 0 fully saturated rings. The van der Waals surface area contributed by atoms with E-state index in [0.717, 1.165) is 6.08 Å². The summed E-state index contributed by atoms with van der Waals surface area (Å²) in [5.41, 5.74) is 0. The molecule has 0 aliphatic rings. The first-order chi connectivity index (χ1) is 3.77. The van der Waals surface area contributed by atoms with Crippen molar-refractivity contribution in [1.82, 2.24) is 0 Å². The van der Waals surface area contributed by atoms with Crippen molar-refractivity contribution in [3.05, 3.63) is 24.3 Å². The molecule has 3 heteroatoms. The molecule has 0 atom stereocenters. The van der Waals surface area contributed by atoms with Crippen LogP contribution in [-0.2, 0) is 4.79 Å². The van der Waals surface area contributed by atoms with E-state index in [1.807, 2.05) is 6.92 Å². The van der Waals surface area contributed by atoms with Crippen molar-refractivity contribution in [1.29, 1.82) is 0 Å². The SMILES string of the molecule is C/C=C/C=C/C(=O)O.[BaH2]. The number of carboxylic acids is 1. The third-order valence-electron chi connectivity index (χ3n) is 0.542. The van der Waals surface area contributed by atoms with Gasteiger partial charge in [0.1, 0.15) is 0 Å². The van der Waals surface area contributed by atoms with Crippen LogP contribution in [0.2, 0.25) is 0 Å². The van der Waals surface area contributed by atoms with Crippen molar-refractivity contribution in [2.24, 2.45) is 0 Å². The van der Waals surface area contributed by atoms with Gasteiger partial charge in [0.2, 0.25) is 0 Å². The molecule has 48 valence electrons. The second-order valence-electron chi connectivity index (χ2n) is 1.22. The van der Waals surface area contributed by atoms with Crippen LogP contribution in [0.5, 0.6) is 0 Å². The summed E-state index contributed by atoms with van der Waals surface area (Å²) >= 11 is 0. The topological polar surface area (TPSA) is 37.3 Å². The second kappa shape index (κ2) is 8.52. The number of carboxylic acid groups (broad SMARTS) is 1. The van der Waals surface area contributed by atoms with Crippen LogP contribution in [0, 0.1) is 0 Å². The average Bonchev–Trinajstić information content (AvgIpc) is 1.66. The Balaban J connectivity index is 0. The summed E-state index contributed by atoms with van der Waals surface area (Å²) in [6, 6.07) is 0. The molecule has 0 rings (SSSR count). The maximum absolute atomic E-state index is 9.75. The van der Waals surface area contributed by atoms with E-state index in [1.54, 1.807) is 12.2 Å². The van der Waals surface area contributed by atoms with Crippen molar-refractivity contribution in [2.45, 2.75) is 6.92 Å². The summed E-state index contributed by atoms with van der Waals surface area (Å²) in [7, 11) is 0. The molecule has 0 bridgehead atoms. The third kappa shape index (κ3) is 11.9. The van der Waals surface area contributed by atoms with Gasteiger partial charge in [0.25, 0.3) is 0 Å². The Hall–Kier alpha value is 0.521. The minimum absolute atomic E-state index is 0. The zero-order valence-electron chi connectivity index (χ0n) is 4.66. The van der Waals surface area contributed by atoms with E-state index in [9.17, 15) is 4.79 Å². The Kier molecular flexibility index (Phi) is 11.6. The van der Waals surface area contributed by atoms with Gasteiger partial charge in [-0.05, 0) is 6.92 Å². The number of aliphatic carboxylic acids is 1. The average molecular weight is 251 g/mol. The second-order valence-corrected chi connectivity index (χ2v) is 1.22. The summed E-state index contributed by atoms with van der Waals surface area (Å²) in [6.07, 6.45) is 5.98. The van der Waals surface area contributed by atoms with Crippen LogP contribution in [0.15, 0.2) is 24.3 Å². The normalized spacial score (nSPS) is 9.89. The monoisotopic (exact) mass is 252 g/mol. The van der Waals surface area contributed by atoms with E-state index in [4.69, 9.17) is 5.11 Å². The van der Waals surface area contributed by atoms with Gasteiger partial charge in [-0.3, -0.25) is 0 Å². The van der Waals surface area contributed by atoms with Crippen LogP contribution in [0.4, 0.5) is 0 Å². The summed E-state index contributed by atoms with van der Waals surface area (Å²) in [5, 5.41) is 8.02. The van der Waals surface area contributed by atoms with Crippen molar-refractivity contribution in [3.63, 3.8) is 0 Å². The van der Waals surface area contributed by atoms with Crippen LogP contribution in [0.25, 0.3) is 0 Å². The van der Waals surface area contributed by atoms with Gasteiger partial charge in [0.05, 0.1) is 0 Å². The maximum atomic E-state index is 9.75. The van der Waals surface area contributed by atoms with E-state index >= 15 is 0 Å². The van der Waals surface area contributed by atoms with Crippen LogP contribution in [0.3, 0.4) is 0 Å². The van der Waals surface area contributed by atoms with Gasteiger partial charge < -0.3 is 5.11 Å². The van der Waals surface area contributed by atoms with Gasteiger partial charge in [-0.15, -0.1) is 0 Å². The Morgan fingerprint density at radius 2 is 2.00 bits per heavy atom. The summed E-state index contributed by atoms with van der Waals surface area (Å²) in [6.45, 7) is 1.83. The summed E-state index contributed by atoms with van der Waals surface area (Å²) in [4.78, 5) is 9.75. The molecule has 9 heavy (non-hydrogen) atoms. The fourth-order valence-corrected chi connectivity index (χ4v) is 0.249. The summed E-state index contributed by atoms with van der Waals surface area (Å²) in [5.74, 6) is -0.914. The molecule has 0 spiro atoms. The van der Waals surface area contributed by atoms with Gasteiger partial charge >= 0.3 is 54.9 Å². The zero-order valence-corrected chi connectivity index (χ0v) is 4.66. The predicted octanol–water partition coefficient (Wildman–Crippen LogP) is 0.287. The fraction of sp³-hybridized carbons (Fsp3) is 0.167. The number of rotatable bonds is 2. The molecule has 0 heterocycles. The van der Waals surface area contributed by atoms with Gasteiger partial charge in [0, 0.05) is 6.08 Å². The van der Waals surface area contributed by atoms with E-state index in [0.29, 0.717) is 0 Å². The molecule has 0 unspecified atom stereocenters. The van der Waals surface area contributed by atoms with Crippen molar-refractivity contribution in [2.75, 3.05) is 0 Å². The molecule has 0 aromatic rings. The molecule has 0 aromatic carbocycles. The molecule has 1 N–H and O–H groups in total. The summed E-state index contributed by atoms with van der Waals surface area (Å²) < 4.78 is 0. The quantitative estimate of drug-likeness (QED) is 0.435. The molecule has 0 aliphatic carbocycles. The molecule has 0 aliphatic heterocycles. The van der Waals surface area contributed by atoms with Crippen LogP contribution in [-0.4, -0.2) is 60.0 Å². The first-order valence-corrected chi connectivity index (χ1v) is 2.29. The van der Waals surface area contributed by atoms with Gasteiger partial charge in [0.15, 0.2) is 0 Å². The molecular formula is C6H10BaO2. The van der Waals surface area contributed by atoms with E-state index in [1.165, 1.54) is 6.08 Å². The number of hydrogen-bond donors (Lipinski definition) is 1. The molecule has 2 nitrogen and oxygen atoms in total. The van der Waals surface area contributed by atoms with Crippen LogP contribution >= 0.6 is 0 Å². The van der Waals surface area contributed by atoms with Crippen molar-refractivity contribution < 1.29 is 9.90 Å². The molecule has 0 aromatic heterocycles. The predicted molar refractivity (Wildman–Crippen MR) is 40.1 cm³/mol. The van der Waals surface area contributed by atoms with E-state index < -0.39 is 5.97 Å². The Morgan fingerprint density at radius 1 is 1.44 bits per heavy atom. The molecule has 0 saturated heterocycles. The first kappa shape index (κ1) is 12.2.